The van der Waals surface area contributed by atoms with Gasteiger partial charge in [-0.15, -0.1) is 11.3 Å². The summed E-state index contributed by atoms with van der Waals surface area (Å²) < 4.78 is 0. The molecule has 0 atom stereocenters. The summed E-state index contributed by atoms with van der Waals surface area (Å²) in [7, 11) is 0. The monoisotopic (exact) mass is 304 g/mol. The number of anilines is 1. The van der Waals surface area contributed by atoms with Crippen LogP contribution in [0.5, 0.6) is 0 Å². The van der Waals surface area contributed by atoms with E-state index in [0.29, 0.717) is 4.99 Å². The zero-order valence-electron chi connectivity index (χ0n) is 12.1. The van der Waals surface area contributed by atoms with E-state index in [2.05, 4.69) is 49.7 Å². The number of aryl methyl sites for hydroxylation is 1. The Balaban J connectivity index is 2.21. The maximum absolute atomic E-state index is 5.81. The predicted molar refractivity (Wildman–Crippen MR) is 92.9 cm³/mol. The Labute approximate surface area is 130 Å². The van der Waals surface area contributed by atoms with E-state index in [1.807, 2.05) is 12.1 Å². The SMILES string of the molecule is Cc1cccc(C(N)=S)c1NCC(C)(C)c1cccs1. The van der Waals surface area contributed by atoms with Crippen molar-refractivity contribution in [3.05, 3.63) is 51.7 Å². The molecule has 0 fully saturated rings. The molecule has 0 bridgehead atoms. The quantitative estimate of drug-likeness (QED) is 0.817. The third-order valence-corrected chi connectivity index (χ3v) is 4.89. The summed E-state index contributed by atoms with van der Waals surface area (Å²) in [6, 6.07) is 10.3. The zero-order chi connectivity index (χ0) is 14.8. The lowest BCUT2D eigenvalue weighted by Crippen LogP contribution is -2.28. The number of para-hydroxylation sites is 1. The molecule has 0 radical (unpaired) electrons. The summed E-state index contributed by atoms with van der Waals surface area (Å²) in [5, 5.41) is 5.65. The average molecular weight is 304 g/mol. The summed E-state index contributed by atoms with van der Waals surface area (Å²) in [5.41, 5.74) is 9.01. The van der Waals surface area contributed by atoms with Gasteiger partial charge in [-0.2, -0.15) is 0 Å². The second kappa shape index (κ2) is 5.94. The van der Waals surface area contributed by atoms with Crippen molar-refractivity contribution >= 4 is 34.2 Å². The van der Waals surface area contributed by atoms with Crippen LogP contribution in [0.2, 0.25) is 0 Å². The van der Waals surface area contributed by atoms with Crippen LogP contribution in [0.25, 0.3) is 0 Å². The smallest absolute Gasteiger partial charge is 0.106 e. The van der Waals surface area contributed by atoms with Gasteiger partial charge in [0.05, 0.1) is 0 Å². The molecule has 0 aliphatic heterocycles. The first-order valence-corrected chi connectivity index (χ1v) is 7.88. The highest BCUT2D eigenvalue weighted by Crippen LogP contribution is 2.29. The number of hydrogen-bond donors (Lipinski definition) is 2. The van der Waals surface area contributed by atoms with E-state index in [0.717, 1.165) is 23.4 Å². The molecule has 0 amide bonds. The van der Waals surface area contributed by atoms with E-state index in [1.165, 1.54) is 4.88 Å². The minimum atomic E-state index is 0.0733. The first-order chi connectivity index (χ1) is 9.42. The highest BCUT2D eigenvalue weighted by atomic mass is 32.1. The highest BCUT2D eigenvalue weighted by Gasteiger charge is 2.22. The largest absolute Gasteiger partial charge is 0.389 e. The number of thiophene rings is 1. The fourth-order valence-electron chi connectivity index (χ4n) is 2.17. The van der Waals surface area contributed by atoms with Gasteiger partial charge in [0.2, 0.25) is 0 Å². The molecule has 1 aromatic carbocycles. The van der Waals surface area contributed by atoms with Crippen molar-refractivity contribution in [1.82, 2.24) is 0 Å². The Morgan fingerprint density at radius 2 is 2.05 bits per heavy atom. The van der Waals surface area contributed by atoms with Gasteiger partial charge in [-0.3, -0.25) is 0 Å². The van der Waals surface area contributed by atoms with Crippen molar-refractivity contribution in [1.29, 1.82) is 0 Å². The third-order valence-electron chi connectivity index (χ3n) is 3.43. The van der Waals surface area contributed by atoms with E-state index in [-0.39, 0.29) is 5.41 Å². The fraction of sp³-hybridized carbons (Fsp3) is 0.312. The molecular weight excluding hydrogens is 284 g/mol. The van der Waals surface area contributed by atoms with Crippen LogP contribution in [0.4, 0.5) is 5.69 Å². The second-order valence-electron chi connectivity index (χ2n) is 5.58. The lowest BCUT2D eigenvalue weighted by atomic mass is 9.91. The molecule has 2 rings (SSSR count). The minimum absolute atomic E-state index is 0.0733. The van der Waals surface area contributed by atoms with Crippen LogP contribution >= 0.6 is 23.6 Å². The van der Waals surface area contributed by atoms with Gasteiger partial charge in [0.25, 0.3) is 0 Å². The van der Waals surface area contributed by atoms with Crippen LogP contribution in [0.1, 0.15) is 29.9 Å². The van der Waals surface area contributed by atoms with Crippen LogP contribution in [-0.4, -0.2) is 11.5 Å². The van der Waals surface area contributed by atoms with E-state index in [1.54, 1.807) is 11.3 Å². The lowest BCUT2D eigenvalue weighted by molar-refractivity contribution is 0.569. The van der Waals surface area contributed by atoms with E-state index in [9.17, 15) is 0 Å². The van der Waals surface area contributed by atoms with Gasteiger partial charge in [0.15, 0.2) is 0 Å². The van der Waals surface area contributed by atoms with Crippen molar-refractivity contribution in [2.75, 3.05) is 11.9 Å². The van der Waals surface area contributed by atoms with Gasteiger partial charge in [0.1, 0.15) is 4.99 Å². The fourth-order valence-corrected chi connectivity index (χ4v) is 3.19. The number of thiocarbonyl (C=S) groups is 1. The highest BCUT2D eigenvalue weighted by molar-refractivity contribution is 7.80. The zero-order valence-corrected chi connectivity index (χ0v) is 13.7. The van der Waals surface area contributed by atoms with E-state index >= 15 is 0 Å². The molecule has 2 nitrogen and oxygen atoms in total. The van der Waals surface area contributed by atoms with Gasteiger partial charge in [-0.25, -0.2) is 0 Å². The summed E-state index contributed by atoms with van der Waals surface area (Å²) >= 11 is 6.93. The van der Waals surface area contributed by atoms with Crippen molar-refractivity contribution in [3.8, 4) is 0 Å². The molecule has 1 aromatic heterocycles. The molecule has 0 aliphatic rings. The Bertz CT molecular complexity index is 601. The predicted octanol–water partition coefficient (Wildman–Crippen LogP) is 4.08. The Hall–Kier alpha value is -1.39. The van der Waals surface area contributed by atoms with Gasteiger partial charge in [-0.05, 0) is 30.0 Å². The topological polar surface area (TPSA) is 38.0 Å². The first kappa shape index (κ1) is 15.0. The van der Waals surface area contributed by atoms with Gasteiger partial charge < -0.3 is 11.1 Å². The summed E-state index contributed by atoms with van der Waals surface area (Å²) in [4.78, 5) is 1.81. The van der Waals surface area contributed by atoms with Gasteiger partial charge >= 0.3 is 0 Å². The van der Waals surface area contributed by atoms with Crippen molar-refractivity contribution < 1.29 is 0 Å². The standard InChI is InChI=1S/C16H20N2S2/c1-11-6-4-7-12(15(17)19)14(11)18-10-16(2,3)13-8-5-9-20-13/h4-9,18H,10H2,1-3H3,(H2,17,19). The Morgan fingerprint density at radius 3 is 2.65 bits per heavy atom. The maximum Gasteiger partial charge on any atom is 0.106 e. The number of benzene rings is 1. The molecule has 2 aromatic rings. The summed E-state index contributed by atoms with van der Waals surface area (Å²) in [5.74, 6) is 0. The molecule has 0 unspecified atom stereocenters. The molecule has 3 N–H and O–H groups in total. The van der Waals surface area contributed by atoms with Gasteiger partial charge in [-0.1, -0.05) is 44.3 Å². The molecule has 4 heteroatoms. The number of nitrogens with two attached hydrogens (primary N) is 1. The molecule has 20 heavy (non-hydrogen) atoms. The van der Waals surface area contributed by atoms with Crippen LogP contribution in [0, 0.1) is 6.92 Å². The maximum atomic E-state index is 5.81. The molecule has 1 heterocycles. The van der Waals surface area contributed by atoms with Gasteiger partial charge in [0, 0.05) is 28.1 Å². The van der Waals surface area contributed by atoms with Crippen LogP contribution in [0.3, 0.4) is 0 Å². The molecule has 0 spiro atoms. The Kier molecular flexibility index (Phi) is 4.45. The third kappa shape index (κ3) is 3.19. The minimum Gasteiger partial charge on any atom is -0.389 e. The molecule has 106 valence electrons. The number of nitrogens with one attached hydrogen (secondary N) is 1. The van der Waals surface area contributed by atoms with Crippen LogP contribution in [0.15, 0.2) is 35.7 Å². The van der Waals surface area contributed by atoms with Crippen molar-refractivity contribution in [2.45, 2.75) is 26.2 Å². The normalized spacial score (nSPS) is 11.3. The van der Waals surface area contributed by atoms with Crippen molar-refractivity contribution in [2.24, 2.45) is 5.73 Å². The molecule has 0 aliphatic carbocycles. The molecule has 0 saturated carbocycles. The van der Waals surface area contributed by atoms with Crippen LogP contribution in [-0.2, 0) is 5.41 Å². The molecular formula is C16H20N2S2. The molecule has 0 saturated heterocycles. The van der Waals surface area contributed by atoms with E-state index in [4.69, 9.17) is 18.0 Å². The first-order valence-electron chi connectivity index (χ1n) is 6.59. The van der Waals surface area contributed by atoms with Crippen LogP contribution < -0.4 is 11.1 Å². The number of rotatable bonds is 5. The number of hydrogen-bond acceptors (Lipinski definition) is 3. The second-order valence-corrected chi connectivity index (χ2v) is 6.96. The summed E-state index contributed by atoms with van der Waals surface area (Å²) in [6.07, 6.45) is 0. The Morgan fingerprint density at radius 1 is 1.30 bits per heavy atom. The van der Waals surface area contributed by atoms with Crippen molar-refractivity contribution in [3.63, 3.8) is 0 Å². The van der Waals surface area contributed by atoms with E-state index < -0.39 is 0 Å². The lowest BCUT2D eigenvalue weighted by Gasteiger charge is -2.26. The average Bonchev–Trinajstić information content (AvgIpc) is 2.91. The summed E-state index contributed by atoms with van der Waals surface area (Å²) in [6.45, 7) is 7.39.